The van der Waals surface area contributed by atoms with E-state index in [1.165, 1.54) is 0 Å². The number of carbonyl (C=O) groups excluding carboxylic acids is 4. The van der Waals surface area contributed by atoms with Crippen molar-refractivity contribution in [2.75, 3.05) is 26.4 Å². The van der Waals surface area contributed by atoms with Crippen molar-refractivity contribution in [1.82, 2.24) is 20.9 Å². The molecule has 1 saturated carbocycles. The van der Waals surface area contributed by atoms with Gasteiger partial charge in [0.2, 0.25) is 17.7 Å². The highest BCUT2D eigenvalue weighted by Gasteiger charge is 2.64. The van der Waals surface area contributed by atoms with Crippen LogP contribution in [0.4, 0.5) is 0 Å². The molecule has 2 atom stereocenters. The molecule has 322 valence electrons. The van der Waals surface area contributed by atoms with Crippen LogP contribution in [-0.4, -0.2) is 79.1 Å². The molecule has 4 amide bonds. The first-order valence-electron chi connectivity index (χ1n) is 20.4. The first kappa shape index (κ1) is 46.2. The number of hydrogen-bond donors (Lipinski definition) is 3. The molecule has 3 aromatic rings. The van der Waals surface area contributed by atoms with Crippen LogP contribution in [0.2, 0.25) is 10.0 Å². The van der Waals surface area contributed by atoms with Crippen LogP contribution in [0.25, 0.3) is 0 Å². The van der Waals surface area contributed by atoms with Gasteiger partial charge in [0.15, 0.2) is 0 Å². The Bertz CT molecular complexity index is 2030. The molecular formula is C46H57Cl2N5O7. The smallest absolute Gasteiger partial charge is 0.251 e. The largest absolute Gasteiger partial charge is 0.494 e. The number of rotatable bonds is 17. The molecule has 0 bridgehead atoms. The van der Waals surface area contributed by atoms with Crippen molar-refractivity contribution in [3.05, 3.63) is 93.5 Å². The van der Waals surface area contributed by atoms with Gasteiger partial charge in [-0.3, -0.25) is 19.2 Å². The number of benzene rings is 3. The molecule has 0 spiro atoms. The van der Waals surface area contributed by atoms with E-state index in [9.17, 15) is 24.4 Å². The molecule has 3 aromatic carbocycles. The first-order chi connectivity index (χ1) is 28.3. The van der Waals surface area contributed by atoms with Crippen molar-refractivity contribution >= 4 is 46.8 Å². The fraction of sp³-hybridized carbons (Fsp3) is 0.500. The highest BCUT2D eigenvalue weighted by molar-refractivity contribution is 6.31. The van der Waals surface area contributed by atoms with Crippen LogP contribution < -0.4 is 25.4 Å². The Morgan fingerprint density at radius 2 is 1.57 bits per heavy atom. The maximum atomic E-state index is 13.8. The van der Waals surface area contributed by atoms with Crippen molar-refractivity contribution in [2.24, 2.45) is 16.2 Å². The highest BCUT2D eigenvalue weighted by atomic mass is 35.5. The van der Waals surface area contributed by atoms with E-state index in [1.807, 2.05) is 32.9 Å². The Labute approximate surface area is 363 Å². The van der Waals surface area contributed by atoms with Crippen LogP contribution in [0, 0.1) is 27.6 Å². The number of unbranched alkanes of at least 4 members (excludes halogenated alkanes) is 1. The summed E-state index contributed by atoms with van der Waals surface area (Å²) in [6.45, 7) is 15.2. The lowest BCUT2D eigenvalue weighted by atomic mass is 9.49. The molecule has 3 N–H and O–H groups in total. The van der Waals surface area contributed by atoms with Gasteiger partial charge in [-0.25, -0.2) is 0 Å². The summed E-state index contributed by atoms with van der Waals surface area (Å²) in [6.07, 6.45) is 2.35. The van der Waals surface area contributed by atoms with E-state index >= 15 is 0 Å². The van der Waals surface area contributed by atoms with Gasteiger partial charge in [-0.2, -0.15) is 5.26 Å². The van der Waals surface area contributed by atoms with Crippen LogP contribution >= 0.6 is 23.2 Å². The third-order valence-electron chi connectivity index (χ3n) is 11.4. The maximum Gasteiger partial charge on any atom is 0.251 e. The summed E-state index contributed by atoms with van der Waals surface area (Å²) in [5, 5.41) is 19.1. The van der Waals surface area contributed by atoms with Crippen molar-refractivity contribution < 1.29 is 33.4 Å². The lowest BCUT2D eigenvalue weighted by molar-refractivity contribution is -0.164. The lowest BCUT2D eigenvalue weighted by Crippen LogP contribution is -2.74. The van der Waals surface area contributed by atoms with Gasteiger partial charge in [0.05, 0.1) is 17.2 Å². The van der Waals surface area contributed by atoms with Gasteiger partial charge in [0.25, 0.3) is 5.91 Å². The predicted octanol–water partition coefficient (Wildman–Crippen LogP) is 7.49. The van der Waals surface area contributed by atoms with E-state index in [-0.39, 0.29) is 47.3 Å². The second kappa shape index (κ2) is 19.7. The Morgan fingerprint density at radius 3 is 2.20 bits per heavy atom. The molecule has 2 aliphatic rings. The monoisotopic (exact) mass is 861 g/mol. The Balaban J connectivity index is 1.00. The molecular weight excluding hydrogens is 805 g/mol. The molecule has 0 radical (unpaired) electrons. The lowest BCUT2D eigenvalue weighted by Gasteiger charge is -2.63. The molecule has 1 saturated heterocycles. The van der Waals surface area contributed by atoms with E-state index in [2.05, 4.69) is 49.7 Å². The minimum atomic E-state index is -0.838. The molecule has 12 nitrogen and oxygen atoms in total. The third kappa shape index (κ3) is 11.3. The zero-order valence-electron chi connectivity index (χ0n) is 35.5. The van der Waals surface area contributed by atoms with E-state index in [0.29, 0.717) is 84.7 Å². The van der Waals surface area contributed by atoms with Crippen LogP contribution in [0.1, 0.15) is 95.6 Å². The fourth-order valence-corrected chi connectivity index (χ4v) is 8.74. The molecule has 1 aliphatic heterocycles. The Kier molecular flexibility index (Phi) is 15.2. The molecule has 1 heterocycles. The standard InChI is InChI=1S/C46H57Cl2N5O7/c1-44(2,3)38(41(57)53-22-10-11-36(53)40(56)50-27-29-12-17-32(47)18-13-29)51-37(54)28-58-23-8-9-24-59-33-19-14-30(15-20-33)39(55)52-42-45(4,5)43(46(42,6)7)60-34-21-16-31(26-49)35(48)25-34/h12-21,25,36,38,42-43H,8-11,22-24,27-28H2,1-7H3,(H,50,56)(H,51,54)(H,52,55)/t36-,38+,42?,43?/m0/s1. The molecule has 2 fully saturated rings. The number of nitrogens with one attached hydrogen (secondary N) is 3. The van der Waals surface area contributed by atoms with Gasteiger partial charge in [0.1, 0.15) is 42.4 Å². The summed E-state index contributed by atoms with van der Waals surface area (Å²) in [5.41, 5.74) is 0.416. The maximum absolute atomic E-state index is 13.8. The van der Waals surface area contributed by atoms with Crippen LogP contribution in [0.15, 0.2) is 66.7 Å². The molecule has 0 unspecified atom stereocenters. The first-order valence-corrected chi connectivity index (χ1v) is 21.2. The second-order valence-corrected chi connectivity index (χ2v) is 18.7. The number of hydrogen-bond acceptors (Lipinski definition) is 8. The summed E-state index contributed by atoms with van der Waals surface area (Å²) < 4.78 is 17.9. The van der Waals surface area contributed by atoms with E-state index in [4.69, 9.17) is 37.4 Å². The number of halogens is 2. The van der Waals surface area contributed by atoms with E-state index in [0.717, 1.165) is 5.56 Å². The number of likely N-dealkylation sites (tertiary alicyclic amines) is 1. The Morgan fingerprint density at radius 1 is 0.917 bits per heavy atom. The van der Waals surface area contributed by atoms with Crippen LogP contribution in [0.5, 0.6) is 11.5 Å². The fourth-order valence-electron chi connectivity index (χ4n) is 8.40. The number of carbonyl (C=O) groups is 4. The zero-order valence-corrected chi connectivity index (χ0v) is 37.0. The number of amides is 4. The molecule has 14 heteroatoms. The predicted molar refractivity (Wildman–Crippen MR) is 231 cm³/mol. The normalized spacial score (nSPS) is 19.6. The quantitative estimate of drug-likeness (QED) is 0.118. The van der Waals surface area contributed by atoms with Gasteiger partial charge in [-0.15, -0.1) is 0 Å². The third-order valence-corrected chi connectivity index (χ3v) is 11.9. The summed E-state index contributed by atoms with van der Waals surface area (Å²) in [4.78, 5) is 54.8. The molecule has 0 aromatic heterocycles. The van der Waals surface area contributed by atoms with Crippen LogP contribution in [-0.2, 0) is 25.7 Å². The zero-order chi connectivity index (χ0) is 43.8. The summed E-state index contributed by atoms with van der Waals surface area (Å²) in [5.74, 6) is 0.0868. The number of nitriles is 1. The van der Waals surface area contributed by atoms with Gasteiger partial charge in [-0.05, 0) is 85.2 Å². The summed E-state index contributed by atoms with van der Waals surface area (Å²) >= 11 is 12.2. The molecule has 5 rings (SSSR count). The highest BCUT2D eigenvalue weighted by Crippen LogP contribution is 2.55. The average Bonchev–Trinajstić information content (AvgIpc) is 3.70. The van der Waals surface area contributed by atoms with E-state index < -0.39 is 23.4 Å². The van der Waals surface area contributed by atoms with Crippen molar-refractivity contribution in [3.63, 3.8) is 0 Å². The summed E-state index contributed by atoms with van der Waals surface area (Å²) in [7, 11) is 0. The number of nitrogens with zero attached hydrogens (tertiary/aromatic N) is 2. The minimum Gasteiger partial charge on any atom is -0.494 e. The molecule has 60 heavy (non-hydrogen) atoms. The van der Waals surface area contributed by atoms with Crippen molar-refractivity contribution in [2.45, 2.75) is 105 Å². The number of ether oxygens (including phenoxy) is 3. The van der Waals surface area contributed by atoms with E-state index in [1.54, 1.807) is 59.5 Å². The second-order valence-electron chi connectivity index (χ2n) is 17.8. The van der Waals surface area contributed by atoms with Crippen LogP contribution in [0.3, 0.4) is 0 Å². The molecule has 1 aliphatic carbocycles. The van der Waals surface area contributed by atoms with Gasteiger partial charge in [-0.1, -0.05) is 83.8 Å². The van der Waals surface area contributed by atoms with Gasteiger partial charge < -0.3 is 35.1 Å². The van der Waals surface area contributed by atoms with Gasteiger partial charge >= 0.3 is 0 Å². The Hall–Kier alpha value is -4.83. The van der Waals surface area contributed by atoms with Crippen molar-refractivity contribution in [3.8, 4) is 17.6 Å². The average molecular weight is 863 g/mol. The topological polar surface area (TPSA) is 159 Å². The minimum absolute atomic E-state index is 0.169. The van der Waals surface area contributed by atoms with Gasteiger partial charge in [0, 0.05) is 53.2 Å². The summed E-state index contributed by atoms with van der Waals surface area (Å²) in [6, 6.07) is 19.6. The SMILES string of the molecule is CC1(C)C(NC(=O)c2ccc(OCCCCOCC(=O)N[C@H](C(=O)N3CCC[C@H]3C(=O)NCc3ccc(Cl)cc3)C(C)(C)C)cc2)C(C)(C)C1Oc1ccc(C#N)c(Cl)c1. The van der Waals surface area contributed by atoms with Crippen molar-refractivity contribution in [1.29, 1.82) is 5.26 Å².